The molecule has 0 aliphatic heterocycles. The Labute approximate surface area is 80.6 Å². The van der Waals surface area contributed by atoms with Crippen molar-refractivity contribution in [3.63, 3.8) is 0 Å². The maximum atomic E-state index is 3.89. The highest BCUT2D eigenvalue weighted by Gasteiger charge is 1.93. The van der Waals surface area contributed by atoms with Gasteiger partial charge in [0.1, 0.15) is 0 Å². The molecule has 0 atom stereocenters. The van der Waals surface area contributed by atoms with Gasteiger partial charge in [-0.05, 0) is 30.9 Å². The van der Waals surface area contributed by atoms with E-state index in [0.717, 1.165) is 18.4 Å². The molecule has 1 radical (unpaired) electrons. The Bertz CT molecular complexity index is 290. The predicted molar refractivity (Wildman–Crippen MR) is 58.3 cm³/mol. The van der Waals surface area contributed by atoms with Gasteiger partial charge in [-0.15, -0.1) is 0 Å². The SMILES string of the molecule is C=[C]CCc1ccc(C(=C)C)cc1. The number of hydrogen-bond acceptors (Lipinski definition) is 0. The van der Waals surface area contributed by atoms with Gasteiger partial charge in [-0.1, -0.05) is 49.1 Å². The van der Waals surface area contributed by atoms with Gasteiger partial charge in [0.05, 0.1) is 0 Å². The lowest BCUT2D eigenvalue weighted by molar-refractivity contribution is 0.984. The van der Waals surface area contributed by atoms with Crippen LogP contribution >= 0.6 is 0 Å². The molecule has 0 aliphatic carbocycles. The molecule has 0 saturated heterocycles. The second-order valence-corrected chi connectivity index (χ2v) is 3.23. The molecule has 0 aliphatic rings. The molecule has 0 saturated carbocycles. The maximum absolute atomic E-state index is 3.89. The standard InChI is InChI=1S/C13H15/c1-4-5-6-12-7-9-13(10-8-12)11(2)3/h7-10H,1-2,5-6H2,3H3. The Kier molecular flexibility index (Phi) is 3.51. The first-order valence-corrected chi connectivity index (χ1v) is 4.49. The molecule has 0 nitrogen and oxygen atoms in total. The fraction of sp³-hybridized carbons (Fsp3) is 0.231. The van der Waals surface area contributed by atoms with Gasteiger partial charge >= 0.3 is 0 Å². The summed E-state index contributed by atoms with van der Waals surface area (Å²) in [5, 5.41) is 0. The summed E-state index contributed by atoms with van der Waals surface area (Å²) in [5.74, 6) is 0. The Morgan fingerprint density at radius 3 is 2.38 bits per heavy atom. The van der Waals surface area contributed by atoms with Gasteiger partial charge in [0.15, 0.2) is 0 Å². The van der Waals surface area contributed by atoms with Crippen molar-refractivity contribution in [1.29, 1.82) is 0 Å². The fourth-order valence-corrected chi connectivity index (χ4v) is 1.19. The molecule has 67 valence electrons. The lowest BCUT2D eigenvalue weighted by Crippen LogP contribution is -1.84. The molecule has 0 spiro atoms. The van der Waals surface area contributed by atoms with Crippen molar-refractivity contribution < 1.29 is 0 Å². The molecule has 0 unspecified atom stereocenters. The number of allylic oxidation sites excluding steroid dienone is 2. The average Bonchev–Trinajstić information content (AvgIpc) is 2.15. The third-order valence-corrected chi connectivity index (χ3v) is 2.04. The molecular weight excluding hydrogens is 156 g/mol. The van der Waals surface area contributed by atoms with Crippen LogP contribution in [0.4, 0.5) is 0 Å². The van der Waals surface area contributed by atoms with E-state index < -0.39 is 0 Å². The maximum Gasteiger partial charge on any atom is -0.0233 e. The monoisotopic (exact) mass is 171 g/mol. The highest BCUT2D eigenvalue weighted by molar-refractivity contribution is 5.61. The first-order chi connectivity index (χ1) is 6.24. The van der Waals surface area contributed by atoms with Gasteiger partial charge in [-0.3, -0.25) is 0 Å². The van der Waals surface area contributed by atoms with Crippen LogP contribution in [0.3, 0.4) is 0 Å². The summed E-state index contributed by atoms with van der Waals surface area (Å²) in [6.45, 7) is 9.50. The summed E-state index contributed by atoms with van der Waals surface area (Å²) in [5.41, 5.74) is 3.66. The largest absolute Gasteiger partial charge is 0.0956 e. The van der Waals surface area contributed by atoms with Crippen molar-refractivity contribution in [3.8, 4) is 0 Å². The van der Waals surface area contributed by atoms with Crippen LogP contribution in [-0.4, -0.2) is 0 Å². The quantitative estimate of drug-likeness (QED) is 0.648. The van der Waals surface area contributed by atoms with Crippen molar-refractivity contribution >= 4 is 5.57 Å². The Balaban J connectivity index is 2.69. The molecular formula is C13H15. The number of aryl methyl sites for hydroxylation is 1. The molecule has 0 fully saturated rings. The number of rotatable bonds is 4. The molecule has 1 aromatic rings. The van der Waals surface area contributed by atoms with E-state index in [4.69, 9.17) is 0 Å². The number of hydrogen-bond donors (Lipinski definition) is 0. The Morgan fingerprint density at radius 1 is 1.31 bits per heavy atom. The van der Waals surface area contributed by atoms with E-state index in [9.17, 15) is 0 Å². The zero-order chi connectivity index (χ0) is 9.68. The van der Waals surface area contributed by atoms with Crippen LogP contribution in [-0.2, 0) is 6.42 Å². The summed E-state index contributed by atoms with van der Waals surface area (Å²) in [6.07, 6.45) is 4.84. The Morgan fingerprint density at radius 2 is 1.92 bits per heavy atom. The van der Waals surface area contributed by atoms with Crippen LogP contribution in [0.25, 0.3) is 5.57 Å². The smallest absolute Gasteiger partial charge is 0.0233 e. The summed E-state index contributed by atoms with van der Waals surface area (Å²) in [4.78, 5) is 0. The van der Waals surface area contributed by atoms with Crippen molar-refractivity contribution in [2.75, 3.05) is 0 Å². The molecule has 1 aromatic carbocycles. The van der Waals surface area contributed by atoms with E-state index in [-0.39, 0.29) is 0 Å². The highest BCUT2D eigenvalue weighted by Crippen LogP contribution is 2.13. The summed E-state index contributed by atoms with van der Waals surface area (Å²) in [7, 11) is 0. The van der Waals surface area contributed by atoms with Crippen LogP contribution in [0.5, 0.6) is 0 Å². The molecule has 13 heavy (non-hydrogen) atoms. The third kappa shape index (κ3) is 2.90. The fourth-order valence-electron chi connectivity index (χ4n) is 1.19. The van der Waals surface area contributed by atoms with Gasteiger partial charge < -0.3 is 0 Å². The van der Waals surface area contributed by atoms with E-state index in [1.807, 2.05) is 6.92 Å². The number of benzene rings is 1. The normalized spacial score (nSPS) is 9.62. The molecule has 0 aromatic heterocycles. The van der Waals surface area contributed by atoms with Crippen molar-refractivity contribution in [2.45, 2.75) is 19.8 Å². The minimum Gasteiger partial charge on any atom is -0.0956 e. The zero-order valence-corrected chi connectivity index (χ0v) is 8.14. The molecule has 1 rings (SSSR count). The molecule has 0 N–H and O–H groups in total. The summed E-state index contributed by atoms with van der Waals surface area (Å²) < 4.78 is 0. The minimum absolute atomic E-state index is 0.923. The van der Waals surface area contributed by atoms with E-state index >= 15 is 0 Å². The third-order valence-electron chi connectivity index (χ3n) is 2.04. The van der Waals surface area contributed by atoms with Gasteiger partial charge in [0.2, 0.25) is 0 Å². The van der Waals surface area contributed by atoms with Gasteiger partial charge in [0, 0.05) is 0 Å². The van der Waals surface area contributed by atoms with Gasteiger partial charge in [0.25, 0.3) is 0 Å². The van der Waals surface area contributed by atoms with Crippen LogP contribution < -0.4 is 0 Å². The lowest BCUT2D eigenvalue weighted by Gasteiger charge is -2.01. The van der Waals surface area contributed by atoms with Crippen molar-refractivity contribution in [1.82, 2.24) is 0 Å². The van der Waals surface area contributed by atoms with Crippen LogP contribution in [0.15, 0.2) is 37.4 Å². The van der Waals surface area contributed by atoms with Crippen LogP contribution in [0, 0.1) is 6.08 Å². The zero-order valence-electron chi connectivity index (χ0n) is 8.14. The predicted octanol–water partition coefficient (Wildman–Crippen LogP) is 3.64. The van der Waals surface area contributed by atoms with E-state index in [1.54, 1.807) is 0 Å². The molecule has 0 heteroatoms. The lowest BCUT2D eigenvalue weighted by atomic mass is 10.0. The van der Waals surface area contributed by atoms with Crippen molar-refractivity contribution in [3.05, 3.63) is 54.6 Å². The van der Waals surface area contributed by atoms with Crippen LogP contribution in [0.1, 0.15) is 24.5 Å². The first-order valence-electron chi connectivity index (χ1n) is 4.49. The summed E-state index contributed by atoms with van der Waals surface area (Å²) >= 11 is 0. The van der Waals surface area contributed by atoms with E-state index in [1.165, 1.54) is 11.1 Å². The van der Waals surface area contributed by atoms with Crippen molar-refractivity contribution in [2.24, 2.45) is 0 Å². The second kappa shape index (κ2) is 4.66. The van der Waals surface area contributed by atoms with E-state index in [0.29, 0.717) is 0 Å². The first kappa shape index (κ1) is 9.79. The Hall–Kier alpha value is -1.30. The topological polar surface area (TPSA) is 0 Å². The molecule has 0 bridgehead atoms. The minimum atomic E-state index is 0.923. The second-order valence-electron chi connectivity index (χ2n) is 3.23. The molecule has 0 amide bonds. The average molecular weight is 171 g/mol. The molecule has 0 heterocycles. The van der Waals surface area contributed by atoms with Crippen LogP contribution in [0.2, 0.25) is 0 Å². The van der Waals surface area contributed by atoms with E-state index in [2.05, 4.69) is 43.5 Å². The van der Waals surface area contributed by atoms with Gasteiger partial charge in [-0.25, -0.2) is 0 Å². The van der Waals surface area contributed by atoms with Gasteiger partial charge in [-0.2, -0.15) is 0 Å². The summed E-state index contributed by atoms with van der Waals surface area (Å²) in [6, 6.07) is 8.50. The highest BCUT2D eigenvalue weighted by atomic mass is 14.0.